The molecule has 1 aliphatic carbocycles. The van der Waals surface area contributed by atoms with Crippen LogP contribution in [0.4, 0.5) is 0 Å². The second kappa shape index (κ2) is 9.91. The van der Waals surface area contributed by atoms with E-state index in [1.165, 1.54) is 4.88 Å². The summed E-state index contributed by atoms with van der Waals surface area (Å²) in [5.41, 5.74) is 2.62. The molecule has 182 valence electrons. The molecule has 0 bridgehead atoms. The first-order chi connectivity index (χ1) is 17.0. The maximum atomic E-state index is 13.8. The van der Waals surface area contributed by atoms with Crippen LogP contribution in [0.2, 0.25) is 5.02 Å². The Labute approximate surface area is 214 Å². The van der Waals surface area contributed by atoms with Crippen LogP contribution in [0.5, 0.6) is 11.5 Å². The highest BCUT2D eigenvalue weighted by Gasteiger charge is 2.38. The minimum atomic E-state index is -0.192. The molecule has 3 aromatic rings. The number of carbonyl (C=O) groups is 2. The van der Waals surface area contributed by atoms with Crippen molar-refractivity contribution in [1.29, 1.82) is 0 Å². The molecule has 1 fully saturated rings. The van der Waals surface area contributed by atoms with Gasteiger partial charge < -0.3 is 19.3 Å². The van der Waals surface area contributed by atoms with Crippen LogP contribution in [-0.4, -0.2) is 55.0 Å². The Morgan fingerprint density at radius 1 is 1.06 bits per heavy atom. The summed E-state index contributed by atoms with van der Waals surface area (Å²) in [4.78, 5) is 32.2. The standard InChI is InChI=1S/C27H27ClN2O4S/c1-33-21-13-18(14-22(15-21)34-2)27(32)30(20-7-8-20)16-25(31)29-11-9-24-23(10-12-35-24)26(29)17-3-5-19(28)6-4-17/h3-6,10,12-15,20,26H,7-9,11,16H2,1-2H3/t26-/m1/s1. The molecule has 1 aliphatic heterocycles. The van der Waals surface area contributed by atoms with E-state index in [1.54, 1.807) is 48.7 Å². The van der Waals surface area contributed by atoms with E-state index < -0.39 is 0 Å². The third kappa shape index (κ3) is 4.88. The third-order valence-electron chi connectivity index (χ3n) is 6.62. The van der Waals surface area contributed by atoms with Crippen molar-refractivity contribution in [2.24, 2.45) is 0 Å². The zero-order valence-corrected chi connectivity index (χ0v) is 21.3. The van der Waals surface area contributed by atoms with Crippen LogP contribution in [0.3, 0.4) is 0 Å². The molecular formula is C27H27ClN2O4S. The number of benzene rings is 2. The normalized spacial score (nSPS) is 17.0. The zero-order valence-electron chi connectivity index (χ0n) is 19.7. The predicted molar refractivity (Wildman–Crippen MR) is 137 cm³/mol. The molecule has 5 rings (SSSR count). The molecule has 35 heavy (non-hydrogen) atoms. The number of methoxy groups -OCH3 is 2. The van der Waals surface area contributed by atoms with Crippen molar-refractivity contribution in [2.75, 3.05) is 27.3 Å². The van der Waals surface area contributed by atoms with Crippen molar-refractivity contribution in [3.05, 3.63) is 80.5 Å². The minimum Gasteiger partial charge on any atom is -0.497 e. The molecule has 0 radical (unpaired) electrons. The lowest BCUT2D eigenvalue weighted by Crippen LogP contribution is -2.47. The molecular weight excluding hydrogens is 484 g/mol. The number of hydrogen-bond donors (Lipinski definition) is 0. The molecule has 1 atom stereocenters. The van der Waals surface area contributed by atoms with Crippen LogP contribution in [0.1, 0.15) is 45.2 Å². The second-order valence-corrected chi connectivity index (χ2v) is 10.3. The Bertz CT molecular complexity index is 1220. The van der Waals surface area contributed by atoms with E-state index in [9.17, 15) is 9.59 Å². The molecule has 1 aromatic heterocycles. The highest BCUT2D eigenvalue weighted by molar-refractivity contribution is 7.10. The van der Waals surface area contributed by atoms with Gasteiger partial charge in [-0.2, -0.15) is 0 Å². The first kappa shape index (κ1) is 23.7. The molecule has 0 spiro atoms. The summed E-state index contributed by atoms with van der Waals surface area (Å²) in [6.07, 6.45) is 2.61. The first-order valence-electron chi connectivity index (χ1n) is 11.6. The minimum absolute atomic E-state index is 0.0343. The molecule has 8 heteroatoms. The predicted octanol–water partition coefficient (Wildman–Crippen LogP) is 5.20. The number of fused-ring (bicyclic) bond motifs is 1. The van der Waals surface area contributed by atoms with Gasteiger partial charge >= 0.3 is 0 Å². The quantitative estimate of drug-likeness (QED) is 0.438. The summed E-state index contributed by atoms with van der Waals surface area (Å²) in [5.74, 6) is 0.837. The summed E-state index contributed by atoms with van der Waals surface area (Å²) in [6, 6.07) is 14.8. The Morgan fingerprint density at radius 2 is 1.74 bits per heavy atom. The van der Waals surface area contributed by atoms with Gasteiger partial charge in [-0.3, -0.25) is 9.59 Å². The van der Waals surface area contributed by atoms with E-state index in [2.05, 4.69) is 11.4 Å². The fourth-order valence-corrected chi connectivity index (χ4v) is 5.71. The number of thiophene rings is 1. The lowest BCUT2D eigenvalue weighted by Gasteiger charge is -2.37. The first-order valence-corrected chi connectivity index (χ1v) is 12.9. The van der Waals surface area contributed by atoms with E-state index in [0.717, 1.165) is 30.4 Å². The summed E-state index contributed by atoms with van der Waals surface area (Å²) in [7, 11) is 3.11. The fourth-order valence-electron chi connectivity index (χ4n) is 4.68. The van der Waals surface area contributed by atoms with Crippen LogP contribution in [0, 0.1) is 0 Å². The SMILES string of the molecule is COc1cc(OC)cc(C(=O)N(CC(=O)N2CCc3sccc3[C@H]2c2ccc(Cl)cc2)C2CC2)c1. The van der Waals surface area contributed by atoms with Gasteiger partial charge in [-0.05, 0) is 66.1 Å². The van der Waals surface area contributed by atoms with Crippen LogP contribution in [0.15, 0.2) is 53.9 Å². The van der Waals surface area contributed by atoms with Crippen molar-refractivity contribution in [2.45, 2.75) is 31.3 Å². The van der Waals surface area contributed by atoms with Crippen molar-refractivity contribution in [3.8, 4) is 11.5 Å². The van der Waals surface area contributed by atoms with Gasteiger partial charge in [-0.25, -0.2) is 0 Å². The van der Waals surface area contributed by atoms with E-state index in [4.69, 9.17) is 21.1 Å². The van der Waals surface area contributed by atoms with Crippen LogP contribution in [0.25, 0.3) is 0 Å². The van der Waals surface area contributed by atoms with E-state index >= 15 is 0 Å². The van der Waals surface area contributed by atoms with E-state index in [-0.39, 0.29) is 30.4 Å². The Hall–Kier alpha value is -3.03. The van der Waals surface area contributed by atoms with Crippen molar-refractivity contribution in [1.82, 2.24) is 9.80 Å². The molecule has 0 unspecified atom stereocenters. The highest BCUT2D eigenvalue weighted by Crippen LogP contribution is 2.39. The Morgan fingerprint density at radius 3 is 2.37 bits per heavy atom. The monoisotopic (exact) mass is 510 g/mol. The lowest BCUT2D eigenvalue weighted by molar-refractivity contribution is -0.134. The highest BCUT2D eigenvalue weighted by atomic mass is 35.5. The van der Waals surface area contributed by atoms with E-state index in [1.807, 2.05) is 29.2 Å². The maximum Gasteiger partial charge on any atom is 0.254 e. The maximum absolute atomic E-state index is 13.8. The topological polar surface area (TPSA) is 59.1 Å². The Kier molecular flexibility index (Phi) is 6.71. The molecule has 2 heterocycles. The van der Waals surface area contributed by atoms with Crippen LogP contribution in [-0.2, 0) is 11.2 Å². The molecule has 0 N–H and O–H groups in total. The molecule has 0 saturated heterocycles. The molecule has 2 aliphatic rings. The Balaban J connectivity index is 1.43. The molecule has 2 aromatic carbocycles. The number of amides is 2. The zero-order chi connectivity index (χ0) is 24.5. The van der Waals surface area contributed by atoms with Gasteiger partial charge in [-0.15, -0.1) is 11.3 Å². The van der Waals surface area contributed by atoms with Crippen molar-refractivity contribution >= 4 is 34.8 Å². The number of rotatable bonds is 7. The van der Waals surface area contributed by atoms with Gasteiger partial charge in [0.05, 0.1) is 20.3 Å². The molecule has 2 amide bonds. The number of ether oxygens (including phenoxy) is 2. The van der Waals surface area contributed by atoms with E-state index in [0.29, 0.717) is 28.6 Å². The third-order valence-corrected chi connectivity index (χ3v) is 7.87. The summed E-state index contributed by atoms with van der Waals surface area (Å²) in [6.45, 7) is 0.645. The lowest BCUT2D eigenvalue weighted by atomic mass is 9.93. The van der Waals surface area contributed by atoms with Gasteiger partial charge in [-0.1, -0.05) is 23.7 Å². The number of carbonyl (C=O) groups excluding carboxylic acids is 2. The number of nitrogens with zero attached hydrogens (tertiary/aromatic N) is 2. The summed E-state index contributed by atoms with van der Waals surface area (Å²) < 4.78 is 10.7. The van der Waals surface area contributed by atoms with Gasteiger partial charge in [0.2, 0.25) is 5.91 Å². The smallest absolute Gasteiger partial charge is 0.254 e. The molecule has 6 nitrogen and oxygen atoms in total. The van der Waals surface area contributed by atoms with Gasteiger partial charge in [0.1, 0.15) is 18.0 Å². The average Bonchev–Trinajstić information content (AvgIpc) is 3.62. The van der Waals surface area contributed by atoms with Crippen LogP contribution < -0.4 is 9.47 Å². The number of halogens is 1. The van der Waals surface area contributed by atoms with Crippen molar-refractivity contribution in [3.63, 3.8) is 0 Å². The summed E-state index contributed by atoms with van der Waals surface area (Å²) in [5, 5.41) is 2.74. The molecule has 1 saturated carbocycles. The van der Waals surface area contributed by atoms with Gasteiger partial charge in [0.25, 0.3) is 5.91 Å². The number of hydrogen-bond acceptors (Lipinski definition) is 5. The largest absolute Gasteiger partial charge is 0.497 e. The average molecular weight is 511 g/mol. The second-order valence-electron chi connectivity index (χ2n) is 8.86. The van der Waals surface area contributed by atoms with Crippen LogP contribution >= 0.6 is 22.9 Å². The van der Waals surface area contributed by atoms with Crippen molar-refractivity contribution < 1.29 is 19.1 Å². The van der Waals surface area contributed by atoms with Gasteiger partial charge in [0.15, 0.2) is 0 Å². The fraction of sp³-hybridized carbons (Fsp3) is 0.333. The van der Waals surface area contributed by atoms with Gasteiger partial charge in [0, 0.05) is 34.1 Å². The summed E-state index contributed by atoms with van der Waals surface area (Å²) >= 11 is 7.86.